The van der Waals surface area contributed by atoms with Crippen molar-refractivity contribution in [3.05, 3.63) is 35.8 Å². The van der Waals surface area contributed by atoms with E-state index in [2.05, 4.69) is 25.6 Å². The molecule has 27 heavy (non-hydrogen) atoms. The number of nitrogens with zero attached hydrogens (tertiary/aromatic N) is 4. The third kappa shape index (κ3) is 4.51. The number of nitrogens with one attached hydrogen (secondary N) is 2. The van der Waals surface area contributed by atoms with Gasteiger partial charge in [-0.3, -0.25) is 9.78 Å². The summed E-state index contributed by atoms with van der Waals surface area (Å²) in [6.07, 6.45) is -2.57. The van der Waals surface area contributed by atoms with Crippen molar-refractivity contribution >= 4 is 11.9 Å². The van der Waals surface area contributed by atoms with Gasteiger partial charge in [0.15, 0.2) is 0 Å². The first-order valence-corrected chi connectivity index (χ1v) is 8.34. The van der Waals surface area contributed by atoms with Crippen LogP contribution in [-0.2, 0) is 17.5 Å². The highest BCUT2D eigenvalue weighted by Gasteiger charge is 2.32. The van der Waals surface area contributed by atoms with Crippen LogP contribution in [0.15, 0.2) is 24.4 Å². The molecule has 2 aromatic heterocycles. The van der Waals surface area contributed by atoms with Gasteiger partial charge in [0.1, 0.15) is 5.69 Å². The van der Waals surface area contributed by atoms with Crippen molar-refractivity contribution in [1.29, 1.82) is 0 Å². The summed E-state index contributed by atoms with van der Waals surface area (Å²) in [5.74, 6) is 0.280. The van der Waals surface area contributed by atoms with E-state index < -0.39 is 11.9 Å². The average Bonchev–Trinajstić information content (AvgIpc) is 2.57. The van der Waals surface area contributed by atoms with Gasteiger partial charge in [0.2, 0.25) is 11.9 Å². The number of carbonyl (C=O) groups excluding carboxylic acids is 1. The molecule has 1 atom stereocenters. The summed E-state index contributed by atoms with van der Waals surface area (Å²) in [7, 11) is 3.51. The molecule has 0 bridgehead atoms. The number of carbonyl (C=O) groups is 1. The minimum atomic E-state index is -4.50. The van der Waals surface area contributed by atoms with Gasteiger partial charge in [-0.05, 0) is 31.2 Å². The van der Waals surface area contributed by atoms with Crippen molar-refractivity contribution in [2.75, 3.05) is 25.5 Å². The summed E-state index contributed by atoms with van der Waals surface area (Å²) < 4.78 is 38.1. The molecular weight excluding hydrogens is 361 g/mol. The van der Waals surface area contributed by atoms with Crippen molar-refractivity contribution in [3.8, 4) is 11.3 Å². The predicted molar refractivity (Wildman–Crippen MR) is 92.8 cm³/mol. The van der Waals surface area contributed by atoms with Crippen LogP contribution in [0.25, 0.3) is 11.3 Å². The van der Waals surface area contributed by atoms with Crippen LogP contribution < -0.4 is 15.5 Å². The molecular formula is C17H19F3N6O. The quantitative estimate of drug-likeness (QED) is 0.820. The first kappa shape index (κ1) is 19.0. The van der Waals surface area contributed by atoms with E-state index in [0.717, 1.165) is 25.2 Å². The fourth-order valence-electron chi connectivity index (χ4n) is 2.45. The predicted octanol–water partition coefficient (Wildman–Crippen LogP) is 1.60. The molecule has 1 saturated heterocycles. The molecule has 0 radical (unpaired) electrons. The van der Waals surface area contributed by atoms with Crippen molar-refractivity contribution < 1.29 is 18.0 Å². The minimum Gasteiger partial charge on any atom is -0.349 e. The average molecular weight is 380 g/mol. The van der Waals surface area contributed by atoms with E-state index in [-0.39, 0.29) is 18.5 Å². The summed E-state index contributed by atoms with van der Waals surface area (Å²) in [5.41, 5.74) is 0.451. The van der Waals surface area contributed by atoms with Gasteiger partial charge >= 0.3 is 6.18 Å². The number of alkyl halides is 3. The molecule has 0 spiro atoms. The molecule has 0 unspecified atom stereocenters. The fourth-order valence-corrected chi connectivity index (χ4v) is 2.45. The molecule has 1 aliphatic rings. The first-order valence-electron chi connectivity index (χ1n) is 8.34. The van der Waals surface area contributed by atoms with E-state index in [1.54, 1.807) is 25.1 Å². The molecule has 1 fully saturated rings. The fraction of sp³-hybridized carbons (Fsp3) is 0.412. The van der Waals surface area contributed by atoms with Crippen LogP contribution in [0.3, 0.4) is 0 Å². The lowest BCUT2D eigenvalue weighted by Gasteiger charge is -2.26. The van der Waals surface area contributed by atoms with Crippen LogP contribution in [0, 0.1) is 0 Å². The van der Waals surface area contributed by atoms with Crippen LogP contribution in [0.2, 0.25) is 0 Å². The second-order valence-corrected chi connectivity index (χ2v) is 6.38. The molecule has 0 aliphatic carbocycles. The monoisotopic (exact) mass is 380 g/mol. The Morgan fingerprint density at radius 2 is 2.07 bits per heavy atom. The van der Waals surface area contributed by atoms with Gasteiger partial charge in [-0.1, -0.05) is 0 Å². The Labute approximate surface area is 154 Å². The molecule has 144 valence electrons. The number of halogens is 3. The molecule has 2 aromatic rings. The van der Waals surface area contributed by atoms with Gasteiger partial charge in [0.05, 0.1) is 24.0 Å². The molecule has 3 rings (SSSR count). The normalized spacial score (nSPS) is 16.6. The summed E-state index contributed by atoms with van der Waals surface area (Å²) in [6.45, 7) is 1.02. The summed E-state index contributed by atoms with van der Waals surface area (Å²) in [4.78, 5) is 25.8. The molecule has 7 nitrogen and oxygen atoms in total. The largest absolute Gasteiger partial charge is 0.433 e. The summed E-state index contributed by atoms with van der Waals surface area (Å²) >= 11 is 0. The Morgan fingerprint density at radius 3 is 2.59 bits per heavy atom. The van der Waals surface area contributed by atoms with Crippen molar-refractivity contribution in [2.24, 2.45) is 0 Å². The van der Waals surface area contributed by atoms with Crippen LogP contribution in [0.5, 0.6) is 0 Å². The maximum atomic E-state index is 12.7. The zero-order valence-corrected chi connectivity index (χ0v) is 14.8. The standard InChI is InChI=1S/C17H19F3N6O/c1-26(2)16-24-11(9-23-15(27)12-5-6-21-12)7-13(25-16)10-3-4-14(22-8-10)17(18,19)20/h3-4,7-8,12,21H,5-6,9H2,1-2H3,(H,23,27)/t12-/m0/s1. The Bertz CT molecular complexity index is 818. The third-order valence-electron chi connectivity index (χ3n) is 4.10. The van der Waals surface area contributed by atoms with E-state index in [1.807, 2.05) is 0 Å². The number of anilines is 1. The number of hydrogen-bond donors (Lipinski definition) is 2. The topological polar surface area (TPSA) is 83.0 Å². The van der Waals surface area contributed by atoms with Gasteiger partial charge in [0.25, 0.3) is 0 Å². The summed E-state index contributed by atoms with van der Waals surface area (Å²) in [6, 6.07) is 3.68. The second kappa shape index (κ2) is 7.47. The minimum absolute atomic E-state index is 0.107. The van der Waals surface area contributed by atoms with Gasteiger partial charge in [-0.2, -0.15) is 13.2 Å². The maximum absolute atomic E-state index is 12.7. The van der Waals surface area contributed by atoms with Crippen LogP contribution >= 0.6 is 0 Å². The Kier molecular flexibility index (Phi) is 5.26. The summed E-state index contributed by atoms with van der Waals surface area (Å²) in [5, 5.41) is 5.81. The lowest BCUT2D eigenvalue weighted by atomic mass is 10.1. The molecule has 0 aromatic carbocycles. The molecule has 1 amide bonds. The Hall–Kier alpha value is -2.75. The molecule has 2 N–H and O–H groups in total. The molecule has 3 heterocycles. The van der Waals surface area contributed by atoms with Crippen LogP contribution in [-0.4, -0.2) is 47.5 Å². The van der Waals surface area contributed by atoms with Gasteiger partial charge in [-0.15, -0.1) is 0 Å². The molecule has 10 heteroatoms. The maximum Gasteiger partial charge on any atom is 0.433 e. The lowest BCUT2D eigenvalue weighted by molar-refractivity contribution is -0.141. The van der Waals surface area contributed by atoms with E-state index in [1.165, 1.54) is 6.07 Å². The highest BCUT2D eigenvalue weighted by Crippen LogP contribution is 2.29. The van der Waals surface area contributed by atoms with E-state index in [0.29, 0.717) is 22.9 Å². The zero-order valence-electron chi connectivity index (χ0n) is 14.8. The Balaban J connectivity index is 1.83. The molecule has 0 saturated carbocycles. The SMILES string of the molecule is CN(C)c1nc(CNC(=O)[C@@H]2CCN2)cc(-c2ccc(C(F)(F)F)nc2)n1. The third-order valence-corrected chi connectivity index (χ3v) is 4.10. The smallest absolute Gasteiger partial charge is 0.349 e. The molecule has 1 aliphatic heterocycles. The number of pyridine rings is 1. The highest BCUT2D eigenvalue weighted by molar-refractivity contribution is 5.82. The Morgan fingerprint density at radius 1 is 1.33 bits per heavy atom. The second-order valence-electron chi connectivity index (χ2n) is 6.38. The number of rotatable bonds is 5. The van der Waals surface area contributed by atoms with E-state index >= 15 is 0 Å². The highest BCUT2D eigenvalue weighted by atomic mass is 19.4. The van der Waals surface area contributed by atoms with Crippen molar-refractivity contribution in [1.82, 2.24) is 25.6 Å². The lowest BCUT2D eigenvalue weighted by Crippen LogP contribution is -2.53. The van der Waals surface area contributed by atoms with E-state index in [4.69, 9.17) is 0 Å². The van der Waals surface area contributed by atoms with Crippen LogP contribution in [0.1, 0.15) is 17.8 Å². The van der Waals surface area contributed by atoms with Gasteiger partial charge in [-0.25, -0.2) is 9.97 Å². The first-order chi connectivity index (χ1) is 12.7. The van der Waals surface area contributed by atoms with Gasteiger partial charge in [0, 0.05) is 25.9 Å². The number of amides is 1. The van der Waals surface area contributed by atoms with E-state index in [9.17, 15) is 18.0 Å². The van der Waals surface area contributed by atoms with Crippen molar-refractivity contribution in [3.63, 3.8) is 0 Å². The zero-order chi connectivity index (χ0) is 19.6. The number of hydrogen-bond acceptors (Lipinski definition) is 6. The van der Waals surface area contributed by atoms with Gasteiger partial charge < -0.3 is 15.5 Å². The van der Waals surface area contributed by atoms with Crippen molar-refractivity contribution in [2.45, 2.75) is 25.2 Å². The number of aromatic nitrogens is 3. The van der Waals surface area contributed by atoms with Crippen LogP contribution in [0.4, 0.5) is 19.1 Å².